The van der Waals surface area contributed by atoms with E-state index < -0.39 is 0 Å². The Balaban J connectivity index is 2.27. The second-order valence-corrected chi connectivity index (χ2v) is 5.74. The zero-order valence-corrected chi connectivity index (χ0v) is 12.3. The van der Waals surface area contributed by atoms with Crippen molar-refractivity contribution in [1.82, 2.24) is 20.0 Å². The summed E-state index contributed by atoms with van der Waals surface area (Å²) in [4.78, 5) is 2.17. The van der Waals surface area contributed by atoms with Gasteiger partial charge in [-0.3, -0.25) is 4.68 Å². The maximum atomic E-state index is 6.37. The molecule has 1 aliphatic rings. The maximum absolute atomic E-state index is 6.37. The lowest BCUT2D eigenvalue weighted by Crippen LogP contribution is -2.39. The van der Waals surface area contributed by atoms with Crippen molar-refractivity contribution in [2.45, 2.75) is 38.3 Å². The van der Waals surface area contributed by atoms with Crippen molar-refractivity contribution in [2.75, 3.05) is 27.2 Å². The molecule has 2 rings (SSSR count). The molecule has 1 saturated heterocycles. The van der Waals surface area contributed by atoms with Gasteiger partial charge in [-0.25, -0.2) is 0 Å². The first-order valence-corrected chi connectivity index (χ1v) is 7.08. The summed E-state index contributed by atoms with van der Waals surface area (Å²) in [6.07, 6.45) is 5.20. The second-order valence-electron chi connectivity index (χ2n) is 5.33. The monoisotopic (exact) mass is 270 g/mol. The summed E-state index contributed by atoms with van der Waals surface area (Å²) in [5.41, 5.74) is 1.20. The molecule has 0 saturated carbocycles. The van der Waals surface area contributed by atoms with Crippen LogP contribution in [0.1, 0.15) is 31.9 Å². The van der Waals surface area contributed by atoms with Crippen LogP contribution in [-0.2, 0) is 12.1 Å². The average Bonchev–Trinajstić information content (AvgIpc) is 2.94. The molecule has 4 nitrogen and oxygen atoms in total. The predicted octanol–water partition coefficient (Wildman–Crippen LogP) is 2.09. The van der Waals surface area contributed by atoms with E-state index in [1.807, 2.05) is 0 Å². The molecule has 1 aromatic heterocycles. The van der Waals surface area contributed by atoms with Gasteiger partial charge in [0.05, 0.1) is 29.0 Å². The third-order valence-electron chi connectivity index (χ3n) is 3.85. The minimum absolute atomic E-state index is 0.0277. The van der Waals surface area contributed by atoms with Crippen molar-refractivity contribution >= 4 is 11.6 Å². The molecule has 0 aromatic carbocycles. The largest absolute Gasteiger partial charge is 0.308 e. The zero-order chi connectivity index (χ0) is 13.2. The van der Waals surface area contributed by atoms with Gasteiger partial charge in [-0.2, -0.15) is 5.10 Å². The lowest BCUT2D eigenvalue weighted by Gasteiger charge is -2.30. The standard InChI is InChI=1S/C13H23ClN4/c1-4-13(6-5-7-15-13)12-11(14)10-16-18(12)9-8-17(2)3/h10,15H,4-9H2,1-3H3. The summed E-state index contributed by atoms with van der Waals surface area (Å²) in [6.45, 7) is 5.16. The molecule has 1 unspecified atom stereocenters. The number of halogens is 1. The number of rotatable bonds is 5. The fourth-order valence-corrected chi connectivity index (χ4v) is 3.10. The van der Waals surface area contributed by atoms with Gasteiger partial charge in [0, 0.05) is 6.54 Å². The molecule has 1 atom stereocenters. The van der Waals surface area contributed by atoms with E-state index in [0.29, 0.717) is 0 Å². The van der Waals surface area contributed by atoms with Crippen LogP contribution in [0.3, 0.4) is 0 Å². The Labute approximate surface area is 114 Å². The highest BCUT2D eigenvalue weighted by atomic mass is 35.5. The molecule has 5 heteroatoms. The van der Waals surface area contributed by atoms with E-state index >= 15 is 0 Å². The van der Waals surface area contributed by atoms with Crippen molar-refractivity contribution in [3.05, 3.63) is 16.9 Å². The zero-order valence-electron chi connectivity index (χ0n) is 11.5. The Morgan fingerprint density at radius 1 is 1.56 bits per heavy atom. The summed E-state index contributed by atoms with van der Waals surface area (Å²) in [6, 6.07) is 0. The van der Waals surface area contributed by atoms with Crippen LogP contribution in [0.2, 0.25) is 5.02 Å². The van der Waals surface area contributed by atoms with Gasteiger partial charge < -0.3 is 10.2 Å². The van der Waals surface area contributed by atoms with Crippen LogP contribution in [0.4, 0.5) is 0 Å². The summed E-state index contributed by atoms with van der Waals surface area (Å²) in [7, 11) is 4.16. The van der Waals surface area contributed by atoms with Gasteiger partial charge in [0.15, 0.2) is 0 Å². The van der Waals surface area contributed by atoms with Crippen molar-refractivity contribution < 1.29 is 0 Å². The molecule has 0 amide bonds. The third-order valence-corrected chi connectivity index (χ3v) is 4.13. The van der Waals surface area contributed by atoms with Gasteiger partial charge in [0.2, 0.25) is 0 Å². The summed E-state index contributed by atoms with van der Waals surface area (Å²) in [5.74, 6) is 0. The van der Waals surface area contributed by atoms with Crippen molar-refractivity contribution in [3.63, 3.8) is 0 Å². The van der Waals surface area contributed by atoms with Crippen LogP contribution in [0.15, 0.2) is 6.20 Å². The molecule has 0 spiro atoms. The second kappa shape index (κ2) is 5.59. The first kappa shape index (κ1) is 13.8. The normalized spacial score (nSPS) is 24.1. The SMILES string of the molecule is CCC1(c2c(Cl)cnn2CCN(C)C)CCCN1. The Morgan fingerprint density at radius 3 is 2.89 bits per heavy atom. The molecule has 2 heterocycles. The third kappa shape index (κ3) is 2.56. The molecule has 102 valence electrons. The Kier molecular flexibility index (Phi) is 4.30. The molecule has 1 fully saturated rings. The van der Waals surface area contributed by atoms with Crippen LogP contribution in [-0.4, -0.2) is 41.9 Å². The summed E-state index contributed by atoms with van der Waals surface area (Å²) < 4.78 is 2.07. The van der Waals surface area contributed by atoms with E-state index in [4.69, 9.17) is 11.6 Å². The number of nitrogens with zero attached hydrogens (tertiary/aromatic N) is 3. The summed E-state index contributed by atoms with van der Waals surface area (Å²) in [5, 5.41) is 8.87. The van der Waals surface area contributed by atoms with Crippen LogP contribution in [0, 0.1) is 0 Å². The van der Waals surface area contributed by atoms with Crippen LogP contribution < -0.4 is 5.32 Å². The first-order chi connectivity index (χ1) is 8.59. The minimum atomic E-state index is 0.0277. The van der Waals surface area contributed by atoms with E-state index in [9.17, 15) is 0 Å². The quantitative estimate of drug-likeness (QED) is 0.889. The number of likely N-dealkylation sites (N-methyl/N-ethyl adjacent to an activating group) is 1. The molecule has 0 aliphatic carbocycles. The predicted molar refractivity (Wildman–Crippen MR) is 75.0 cm³/mol. The van der Waals surface area contributed by atoms with E-state index in [0.717, 1.165) is 37.5 Å². The van der Waals surface area contributed by atoms with Gasteiger partial charge in [-0.05, 0) is 39.9 Å². The highest BCUT2D eigenvalue weighted by molar-refractivity contribution is 6.31. The van der Waals surface area contributed by atoms with E-state index in [-0.39, 0.29) is 5.54 Å². The van der Waals surface area contributed by atoms with Crippen LogP contribution in [0.25, 0.3) is 0 Å². The van der Waals surface area contributed by atoms with Gasteiger partial charge >= 0.3 is 0 Å². The van der Waals surface area contributed by atoms with Crippen molar-refractivity contribution in [1.29, 1.82) is 0 Å². The summed E-state index contributed by atoms with van der Waals surface area (Å²) >= 11 is 6.37. The molecule has 1 aromatic rings. The molecular weight excluding hydrogens is 248 g/mol. The van der Waals surface area contributed by atoms with Gasteiger partial charge in [0.1, 0.15) is 0 Å². The van der Waals surface area contributed by atoms with E-state index in [1.165, 1.54) is 12.1 Å². The van der Waals surface area contributed by atoms with Gasteiger partial charge in [-0.1, -0.05) is 18.5 Å². The Bertz CT molecular complexity index is 394. The number of nitrogens with one attached hydrogen (secondary N) is 1. The van der Waals surface area contributed by atoms with E-state index in [1.54, 1.807) is 6.20 Å². The molecule has 18 heavy (non-hydrogen) atoms. The topological polar surface area (TPSA) is 33.1 Å². The van der Waals surface area contributed by atoms with Crippen LogP contribution >= 0.6 is 11.6 Å². The Hall–Kier alpha value is -0.580. The number of hydrogen-bond donors (Lipinski definition) is 1. The minimum Gasteiger partial charge on any atom is -0.308 e. The highest BCUT2D eigenvalue weighted by Crippen LogP contribution is 2.37. The van der Waals surface area contributed by atoms with Crippen molar-refractivity contribution in [3.8, 4) is 0 Å². The molecule has 0 bridgehead atoms. The lowest BCUT2D eigenvalue weighted by atomic mass is 9.90. The van der Waals surface area contributed by atoms with Gasteiger partial charge in [-0.15, -0.1) is 0 Å². The lowest BCUT2D eigenvalue weighted by molar-refractivity contribution is 0.319. The number of hydrogen-bond acceptors (Lipinski definition) is 3. The maximum Gasteiger partial charge on any atom is 0.0837 e. The highest BCUT2D eigenvalue weighted by Gasteiger charge is 2.38. The fraction of sp³-hybridized carbons (Fsp3) is 0.769. The van der Waals surface area contributed by atoms with E-state index in [2.05, 4.69) is 41.0 Å². The molecule has 0 radical (unpaired) electrons. The molecule has 1 aliphatic heterocycles. The first-order valence-electron chi connectivity index (χ1n) is 6.70. The molecular formula is C13H23ClN4. The van der Waals surface area contributed by atoms with Gasteiger partial charge in [0.25, 0.3) is 0 Å². The Morgan fingerprint density at radius 2 is 2.33 bits per heavy atom. The number of aromatic nitrogens is 2. The smallest absolute Gasteiger partial charge is 0.0837 e. The fourth-order valence-electron chi connectivity index (χ4n) is 2.78. The average molecular weight is 271 g/mol. The van der Waals surface area contributed by atoms with Crippen molar-refractivity contribution in [2.24, 2.45) is 0 Å². The molecule has 1 N–H and O–H groups in total. The van der Waals surface area contributed by atoms with Crippen LogP contribution in [0.5, 0.6) is 0 Å².